The molecule has 1 aromatic carbocycles. The van der Waals surface area contributed by atoms with Gasteiger partial charge in [-0.3, -0.25) is 0 Å². The molecule has 1 saturated carbocycles. The molecule has 0 bridgehead atoms. The van der Waals surface area contributed by atoms with Crippen LogP contribution in [0.15, 0.2) is 30.5 Å². The molecule has 1 aliphatic carbocycles. The molecule has 1 fully saturated rings. The van der Waals surface area contributed by atoms with Crippen molar-refractivity contribution in [2.45, 2.75) is 45.7 Å². The zero-order valence-corrected chi connectivity index (χ0v) is 12.3. The lowest BCUT2D eigenvalue weighted by molar-refractivity contribution is 0.647. The smallest absolute Gasteiger partial charge is 0.120 e. The number of aromatic amines is 1. The Labute approximate surface area is 120 Å². The van der Waals surface area contributed by atoms with Crippen LogP contribution in [0.5, 0.6) is 0 Å². The van der Waals surface area contributed by atoms with Gasteiger partial charge in [0.2, 0.25) is 0 Å². The van der Waals surface area contributed by atoms with Crippen molar-refractivity contribution in [1.29, 1.82) is 0 Å². The minimum Gasteiger partial charge on any atom is -0.341 e. The van der Waals surface area contributed by atoms with E-state index >= 15 is 0 Å². The highest BCUT2D eigenvalue weighted by Gasteiger charge is 2.20. The Morgan fingerprint density at radius 3 is 2.65 bits per heavy atom. The standard InChI is InChI=1S/C17H23N3/c1-12(2)9-13-3-5-14(6-4-13)16-10-19-17(20-16)11-18-15-7-8-15/h3-6,10,12,15,18H,7-9,11H2,1-2H3,(H,19,20). The summed E-state index contributed by atoms with van der Waals surface area (Å²) in [5, 5.41) is 3.47. The number of H-pyrrole nitrogens is 1. The summed E-state index contributed by atoms with van der Waals surface area (Å²) in [5.41, 5.74) is 3.72. The van der Waals surface area contributed by atoms with Gasteiger partial charge in [0.15, 0.2) is 0 Å². The first-order chi connectivity index (χ1) is 9.70. The highest BCUT2D eigenvalue weighted by atomic mass is 15.0. The highest BCUT2D eigenvalue weighted by molar-refractivity contribution is 5.58. The number of aromatic nitrogens is 2. The van der Waals surface area contributed by atoms with Gasteiger partial charge in [0.25, 0.3) is 0 Å². The van der Waals surface area contributed by atoms with Crippen LogP contribution in [-0.2, 0) is 13.0 Å². The molecule has 0 aliphatic heterocycles. The lowest BCUT2D eigenvalue weighted by atomic mass is 10.0. The maximum absolute atomic E-state index is 4.45. The van der Waals surface area contributed by atoms with Gasteiger partial charge in [0.1, 0.15) is 5.82 Å². The molecule has 3 rings (SSSR count). The zero-order chi connectivity index (χ0) is 13.9. The van der Waals surface area contributed by atoms with Crippen molar-refractivity contribution >= 4 is 0 Å². The fourth-order valence-corrected chi connectivity index (χ4v) is 2.42. The monoisotopic (exact) mass is 269 g/mol. The fraction of sp³-hybridized carbons (Fsp3) is 0.471. The number of nitrogens with one attached hydrogen (secondary N) is 2. The summed E-state index contributed by atoms with van der Waals surface area (Å²) in [6.07, 6.45) is 5.69. The first-order valence-electron chi connectivity index (χ1n) is 7.57. The van der Waals surface area contributed by atoms with Crippen molar-refractivity contribution in [2.75, 3.05) is 0 Å². The molecule has 0 spiro atoms. The number of rotatable bonds is 6. The second-order valence-electron chi connectivity index (χ2n) is 6.19. The van der Waals surface area contributed by atoms with Gasteiger partial charge in [-0.1, -0.05) is 38.1 Å². The first-order valence-corrected chi connectivity index (χ1v) is 7.57. The van der Waals surface area contributed by atoms with E-state index in [4.69, 9.17) is 0 Å². The molecule has 0 unspecified atom stereocenters. The van der Waals surface area contributed by atoms with Gasteiger partial charge < -0.3 is 10.3 Å². The predicted octanol–water partition coefficient (Wildman–Crippen LogP) is 3.53. The van der Waals surface area contributed by atoms with Gasteiger partial charge in [-0.05, 0) is 36.3 Å². The molecule has 2 N–H and O–H groups in total. The molecule has 0 atom stereocenters. The Morgan fingerprint density at radius 1 is 1.25 bits per heavy atom. The number of hydrogen-bond donors (Lipinski definition) is 2. The Balaban J connectivity index is 1.65. The van der Waals surface area contributed by atoms with E-state index in [1.165, 1.54) is 24.0 Å². The lowest BCUT2D eigenvalue weighted by Gasteiger charge is -2.05. The van der Waals surface area contributed by atoms with Crippen LogP contribution >= 0.6 is 0 Å². The van der Waals surface area contributed by atoms with Crippen molar-refractivity contribution in [2.24, 2.45) is 5.92 Å². The minimum atomic E-state index is 0.702. The second-order valence-corrected chi connectivity index (χ2v) is 6.19. The molecule has 1 aromatic heterocycles. The van der Waals surface area contributed by atoms with Crippen molar-refractivity contribution < 1.29 is 0 Å². The van der Waals surface area contributed by atoms with Crippen LogP contribution in [-0.4, -0.2) is 16.0 Å². The number of hydrogen-bond acceptors (Lipinski definition) is 2. The third kappa shape index (κ3) is 3.48. The third-order valence-electron chi connectivity index (χ3n) is 3.67. The van der Waals surface area contributed by atoms with E-state index < -0.39 is 0 Å². The molecule has 0 saturated heterocycles. The molecule has 1 heterocycles. The molecule has 0 radical (unpaired) electrons. The van der Waals surface area contributed by atoms with E-state index in [1.54, 1.807) is 0 Å². The lowest BCUT2D eigenvalue weighted by Crippen LogP contribution is -2.16. The van der Waals surface area contributed by atoms with Gasteiger partial charge in [-0.2, -0.15) is 0 Å². The molecule has 3 nitrogen and oxygen atoms in total. The fourth-order valence-electron chi connectivity index (χ4n) is 2.42. The third-order valence-corrected chi connectivity index (χ3v) is 3.67. The Bertz CT molecular complexity index is 550. The number of benzene rings is 1. The second kappa shape index (κ2) is 5.80. The summed E-state index contributed by atoms with van der Waals surface area (Å²) in [6.45, 7) is 5.35. The van der Waals surface area contributed by atoms with E-state index in [2.05, 4.69) is 53.4 Å². The van der Waals surface area contributed by atoms with E-state index in [0.29, 0.717) is 5.92 Å². The van der Waals surface area contributed by atoms with Gasteiger partial charge in [-0.25, -0.2) is 4.98 Å². The predicted molar refractivity (Wildman–Crippen MR) is 82.4 cm³/mol. The maximum Gasteiger partial charge on any atom is 0.120 e. The van der Waals surface area contributed by atoms with Crippen molar-refractivity contribution in [3.8, 4) is 11.3 Å². The van der Waals surface area contributed by atoms with Gasteiger partial charge in [-0.15, -0.1) is 0 Å². The quantitative estimate of drug-likeness (QED) is 0.842. The topological polar surface area (TPSA) is 40.7 Å². The summed E-state index contributed by atoms with van der Waals surface area (Å²) in [5.74, 6) is 1.73. The summed E-state index contributed by atoms with van der Waals surface area (Å²) in [4.78, 5) is 7.84. The van der Waals surface area contributed by atoms with Crippen molar-refractivity contribution in [3.63, 3.8) is 0 Å². The number of nitrogens with zero attached hydrogens (tertiary/aromatic N) is 1. The average Bonchev–Trinajstić information content (AvgIpc) is 3.14. The summed E-state index contributed by atoms with van der Waals surface area (Å²) in [6, 6.07) is 9.53. The van der Waals surface area contributed by atoms with Gasteiger partial charge in [0.05, 0.1) is 18.4 Å². The molecule has 0 amide bonds. The average molecular weight is 269 g/mol. The van der Waals surface area contributed by atoms with Crippen LogP contribution in [0, 0.1) is 5.92 Å². The minimum absolute atomic E-state index is 0.702. The van der Waals surface area contributed by atoms with Crippen LogP contribution in [0.1, 0.15) is 38.1 Å². The highest BCUT2D eigenvalue weighted by Crippen LogP contribution is 2.21. The van der Waals surface area contributed by atoms with E-state index in [1.807, 2.05) is 6.20 Å². The molecular formula is C17H23N3. The Kier molecular flexibility index (Phi) is 3.88. The molecule has 3 heteroatoms. The SMILES string of the molecule is CC(C)Cc1ccc(-c2cnc(CNC3CC3)[nH]2)cc1. The first kappa shape index (κ1) is 13.4. The summed E-state index contributed by atoms with van der Waals surface area (Å²) < 4.78 is 0. The summed E-state index contributed by atoms with van der Waals surface area (Å²) >= 11 is 0. The van der Waals surface area contributed by atoms with Crippen molar-refractivity contribution in [3.05, 3.63) is 41.9 Å². The summed E-state index contributed by atoms with van der Waals surface area (Å²) in [7, 11) is 0. The normalized spacial score (nSPS) is 14.9. The Hall–Kier alpha value is -1.61. The molecule has 1 aliphatic rings. The Morgan fingerprint density at radius 2 is 2.00 bits per heavy atom. The molecule has 2 aromatic rings. The molecular weight excluding hydrogens is 246 g/mol. The maximum atomic E-state index is 4.45. The van der Waals surface area contributed by atoms with Gasteiger partial charge in [0, 0.05) is 6.04 Å². The van der Waals surface area contributed by atoms with E-state index in [-0.39, 0.29) is 0 Å². The van der Waals surface area contributed by atoms with Crippen LogP contribution in [0.3, 0.4) is 0 Å². The van der Waals surface area contributed by atoms with Gasteiger partial charge >= 0.3 is 0 Å². The number of imidazole rings is 1. The van der Waals surface area contributed by atoms with Crippen LogP contribution in [0.25, 0.3) is 11.3 Å². The van der Waals surface area contributed by atoms with E-state index in [9.17, 15) is 0 Å². The van der Waals surface area contributed by atoms with Crippen LogP contribution in [0.4, 0.5) is 0 Å². The van der Waals surface area contributed by atoms with Crippen LogP contribution < -0.4 is 5.32 Å². The molecule has 20 heavy (non-hydrogen) atoms. The molecule has 106 valence electrons. The largest absolute Gasteiger partial charge is 0.341 e. The van der Waals surface area contributed by atoms with E-state index in [0.717, 1.165) is 30.5 Å². The zero-order valence-electron chi connectivity index (χ0n) is 12.3. The van der Waals surface area contributed by atoms with Crippen molar-refractivity contribution in [1.82, 2.24) is 15.3 Å². The van der Waals surface area contributed by atoms with Crippen LogP contribution in [0.2, 0.25) is 0 Å².